The summed E-state index contributed by atoms with van der Waals surface area (Å²) in [4.78, 5) is 20.4. The van der Waals surface area contributed by atoms with E-state index in [-0.39, 0.29) is 0 Å². The average Bonchev–Trinajstić information content (AvgIpc) is 2.47. The van der Waals surface area contributed by atoms with Gasteiger partial charge in [0.1, 0.15) is 6.04 Å². The third-order valence-electron chi connectivity index (χ3n) is 2.12. The molecule has 0 aliphatic carbocycles. The van der Waals surface area contributed by atoms with Gasteiger partial charge >= 0.3 is 5.97 Å². The molecule has 5 N–H and O–H groups in total. The summed E-state index contributed by atoms with van der Waals surface area (Å²) in [7, 11) is 0. The second-order valence-electron chi connectivity index (χ2n) is 3.56. The molecule has 0 radical (unpaired) electrons. The summed E-state index contributed by atoms with van der Waals surface area (Å²) < 4.78 is 4.90. The monoisotopic (exact) mass is 337 g/mol. The number of allylic oxidation sites excluding steroid dienone is 3. The minimum absolute atomic E-state index is 0.356. The van der Waals surface area contributed by atoms with E-state index >= 15 is 0 Å². The number of aliphatic hydroxyl groups is 1. The highest BCUT2D eigenvalue weighted by atomic mass is 32.5. The van der Waals surface area contributed by atoms with E-state index in [0.29, 0.717) is 5.57 Å². The highest BCUT2D eigenvalue weighted by Gasteiger charge is 2.29. The maximum atomic E-state index is 10.5. The Morgan fingerprint density at radius 2 is 2.05 bits per heavy atom. The fraction of sp³-hybridized carbons (Fsp3) is 0.462. The second-order valence-corrected chi connectivity index (χ2v) is 7.01. The van der Waals surface area contributed by atoms with Crippen molar-refractivity contribution in [1.82, 2.24) is 0 Å². The van der Waals surface area contributed by atoms with Gasteiger partial charge in [-0.25, -0.2) is 0 Å². The summed E-state index contributed by atoms with van der Waals surface area (Å²) in [6, 6.07) is -1.31. The first kappa shape index (κ1) is 22.5. The molecule has 0 heterocycles. The molecule has 3 unspecified atom stereocenters. The van der Waals surface area contributed by atoms with Crippen LogP contribution in [0.25, 0.3) is 0 Å². The molecule has 0 aromatic rings. The van der Waals surface area contributed by atoms with Gasteiger partial charge in [0.15, 0.2) is 5.85 Å². The van der Waals surface area contributed by atoms with Crippen LogP contribution in [0, 0.1) is 0 Å². The Morgan fingerprint density at radius 3 is 2.43 bits per heavy atom. The van der Waals surface area contributed by atoms with Gasteiger partial charge in [-0.3, -0.25) is 4.79 Å². The van der Waals surface area contributed by atoms with E-state index in [1.54, 1.807) is 19.1 Å². The topological polar surface area (TPSA) is 113 Å². The van der Waals surface area contributed by atoms with Gasteiger partial charge < -0.3 is 25.4 Å². The van der Waals surface area contributed by atoms with Crippen molar-refractivity contribution in [3.05, 3.63) is 36.5 Å². The molecule has 0 saturated heterocycles. The molecule has 0 aliphatic rings. The van der Waals surface area contributed by atoms with E-state index in [2.05, 4.69) is 6.58 Å². The van der Waals surface area contributed by atoms with Gasteiger partial charge in [0, 0.05) is 0 Å². The Labute approximate surface area is 130 Å². The van der Waals surface area contributed by atoms with Crippen molar-refractivity contribution in [2.24, 2.45) is 5.73 Å². The van der Waals surface area contributed by atoms with Gasteiger partial charge in [0.2, 0.25) is 6.49 Å². The lowest BCUT2D eigenvalue weighted by Crippen LogP contribution is -2.35. The van der Waals surface area contributed by atoms with Crippen LogP contribution in [0.1, 0.15) is 20.8 Å². The molecule has 0 amide bonds. The minimum Gasteiger partial charge on any atom is -0.480 e. The Hall–Kier alpha value is -0.820. The van der Waals surface area contributed by atoms with Crippen molar-refractivity contribution in [3.63, 3.8) is 0 Å². The summed E-state index contributed by atoms with van der Waals surface area (Å²) in [6.45, 7) is 5.07. The molecule has 0 fully saturated rings. The molecule has 0 aromatic heterocycles. The van der Waals surface area contributed by atoms with Crippen molar-refractivity contribution in [3.8, 4) is 0 Å². The lowest BCUT2D eigenvalue weighted by atomic mass is 10.2. The molecule has 0 aromatic carbocycles. The van der Waals surface area contributed by atoms with Crippen LogP contribution in [0.15, 0.2) is 36.5 Å². The number of hydrogen-bond donors (Lipinski definition) is 4. The lowest BCUT2D eigenvalue weighted by Gasteiger charge is -2.23. The predicted octanol–water partition coefficient (Wildman–Crippen LogP) is 1.75. The first-order valence-corrected chi connectivity index (χ1v) is 9.09. The summed E-state index contributed by atoms with van der Waals surface area (Å²) in [6.07, 6.45) is 6.15. The van der Waals surface area contributed by atoms with E-state index in [0.717, 1.165) is 0 Å². The molecule has 0 spiro atoms. The fourth-order valence-corrected chi connectivity index (χ4v) is 2.70. The lowest BCUT2D eigenvalue weighted by molar-refractivity contribution is -0.139. The van der Waals surface area contributed by atoms with Gasteiger partial charge in [0.25, 0.3) is 0 Å². The number of carbonyl (C=O) groups is 1. The Balaban J connectivity index is 0. The van der Waals surface area contributed by atoms with Gasteiger partial charge in [-0.2, -0.15) is 0 Å². The molecule has 0 rings (SSSR count). The molecule has 122 valence electrons. The van der Waals surface area contributed by atoms with Crippen LogP contribution in [-0.2, 0) is 21.1 Å². The zero-order valence-electron chi connectivity index (χ0n) is 12.5. The van der Waals surface area contributed by atoms with Gasteiger partial charge in [-0.05, 0) is 24.3 Å². The number of aliphatic hydroxyl groups excluding tert-OH is 1. The van der Waals surface area contributed by atoms with Crippen molar-refractivity contribution < 1.29 is 24.4 Å². The fourth-order valence-electron chi connectivity index (χ4n) is 1.03. The zero-order valence-corrected chi connectivity index (χ0v) is 14.2. The van der Waals surface area contributed by atoms with Crippen LogP contribution >= 0.6 is 6.49 Å². The zero-order chi connectivity index (χ0) is 17.1. The van der Waals surface area contributed by atoms with Gasteiger partial charge in [-0.15, -0.1) is 0 Å². The van der Waals surface area contributed by atoms with Crippen LogP contribution in [-0.4, -0.2) is 39.6 Å². The normalized spacial score (nSPS) is 17.3. The average molecular weight is 337 g/mol. The Bertz CT molecular complexity index is 436. The maximum absolute atomic E-state index is 10.5. The van der Waals surface area contributed by atoms with Crippen molar-refractivity contribution in [2.75, 3.05) is 6.61 Å². The largest absolute Gasteiger partial charge is 0.480 e. The van der Waals surface area contributed by atoms with Crippen molar-refractivity contribution in [1.29, 1.82) is 0 Å². The van der Waals surface area contributed by atoms with E-state index in [9.17, 15) is 14.8 Å². The molecule has 8 heteroatoms. The highest BCUT2D eigenvalue weighted by Crippen LogP contribution is 2.49. The molecular formula is C13H24NO5PS. The van der Waals surface area contributed by atoms with E-state index in [1.807, 2.05) is 13.8 Å². The third kappa shape index (κ3) is 8.93. The van der Waals surface area contributed by atoms with Crippen LogP contribution in [0.5, 0.6) is 0 Å². The van der Waals surface area contributed by atoms with Crippen LogP contribution in [0.3, 0.4) is 0 Å². The number of hydrogen-bond acceptors (Lipinski definition) is 5. The predicted molar refractivity (Wildman–Crippen MR) is 88.5 cm³/mol. The number of carboxylic acids is 1. The first-order chi connectivity index (χ1) is 9.76. The number of nitrogens with two attached hydrogens (primary N) is 1. The molecule has 0 aliphatic heterocycles. The molecule has 6 nitrogen and oxygen atoms in total. The molecule has 3 atom stereocenters. The minimum atomic E-state index is -3.60. The smallest absolute Gasteiger partial charge is 0.322 e. The quantitative estimate of drug-likeness (QED) is 0.394. The molecule has 0 bridgehead atoms. The second kappa shape index (κ2) is 11.8. The highest BCUT2D eigenvalue weighted by molar-refractivity contribution is 8.09. The van der Waals surface area contributed by atoms with Crippen molar-refractivity contribution >= 4 is 24.3 Å². The standard InChI is InChI=1S/C11H18NO5PS.C2H6/c1-3-5-6-8(4-2)11(15)18(16,19)17-7-9(12)10(13)14;1-2/h3-6,9,11,15H,1,7,12H2,2H3,(H,13,14)(H,16,19);1-2H3/b6-5-,8-4+;. The van der Waals surface area contributed by atoms with Gasteiger partial charge in [-0.1, -0.05) is 44.7 Å². The molecule has 21 heavy (non-hydrogen) atoms. The van der Waals surface area contributed by atoms with Crippen LogP contribution < -0.4 is 5.73 Å². The summed E-state index contributed by atoms with van der Waals surface area (Å²) in [5.74, 6) is -2.69. The van der Waals surface area contributed by atoms with Crippen LogP contribution in [0.2, 0.25) is 0 Å². The summed E-state index contributed by atoms with van der Waals surface area (Å²) in [5, 5.41) is 18.5. The number of rotatable bonds is 8. The van der Waals surface area contributed by atoms with E-state index in [4.69, 9.17) is 27.2 Å². The maximum Gasteiger partial charge on any atom is 0.322 e. The van der Waals surface area contributed by atoms with Crippen LogP contribution in [0.4, 0.5) is 0 Å². The van der Waals surface area contributed by atoms with Crippen molar-refractivity contribution in [2.45, 2.75) is 32.7 Å². The van der Waals surface area contributed by atoms with E-state index in [1.165, 1.54) is 12.2 Å². The SMILES string of the molecule is C=C/C=C\C(=C/C)C(O)P(O)(=S)OCC(N)C(=O)O.CC. The number of aliphatic carboxylic acids is 1. The van der Waals surface area contributed by atoms with Gasteiger partial charge in [0.05, 0.1) is 6.61 Å². The summed E-state index contributed by atoms with van der Waals surface area (Å²) >= 11 is 4.81. The molecule has 0 saturated carbocycles. The van der Waals surface area contributed by atoms with E-state index < -0.39 is 31.0 Å². The number of carboxylic acid groups (broad SMARTS) is 1. The Kier molecular flexibility index (Phi) is 12.6. The Morgan fingerprint density at radius 1 is 1.52 bits per heavy atom. The summed E-state index contributed by atoms with van der Waals surface area (Å²) in [5.41, 5.74) is 5.58. The third-order valence-corrected chi connectivity index (χ3v) is 4.47. The first-order valence-electron chi connectivity index (χ1n) is 6.35. The molecular weight excluding hydrogens is 313 g/mol.